The van der Waals surface area contributed by atoms with E-state index in [1.165, 1.54) is 12.1 Å². The Bertz CT molecular complexity index is 973. The molecular weight excluding hydrogens is 316 g/mol. The molecule has 0 fully saturated rings. The lowest BCUT2D eigenvalue weighted by molar-refractivity contribution is -0.384. The van der Waals surface area contributed by atoms with Crippen LogP contribution in [0, 0.1) is 17.0 Å². The Labute approximate surface area is 144 Å². The zero-order valence-corrected chi connectivity index (χ0v) is 13.7. The fourth-order valence-corrected chi connectivity index (χ4v) is 3.12. The highest BCUT2D eigenvalue weighted by Gasteiger charge is 2.22. The van der Waals surface area contributed by atoms with Crippen LogP contribution in [-0.4, -0.2) is 20.4 Å². The molecule has 1 aliphatic heterocycles. The second-order valence-electron chi connectivity index (χ2n) is 6.00. The van der Waals surface area contributed by atoms with Crippen molar-refractivity contribution < 1.29 is 4.92 Å². The van der Waals surface area contributed by atoms with Crippen LogP contribution in [-0.2, 0) is 6.42 Å². The molecule has 124 valence electrons. The normalized spacial score (nSPS) is 13.2. The highest BCUT2D eigenvalue weighted by molar-refractivity contribution is 6.03. The number of aromatic nitrogens is 2. The molecule has 0 saturated carbocycles. The number of nitro groups is 1. The van der Waals surface area contributed by atoms with Crippen LogP contribution in [0.25, 0.3) is 5.69 Å². The number of aryl methyl sites for hydroxylation is 1. The molecule has 2 aromatic carbocycles. The standard InChI is InChI=1S/C19H16N4O2/c1-13-17-11-12-18(14-7-9-16(10-8-14)23(24)25)20-19(17)22(21-13)15-5-3-2-4-6-15/h2-10H,11-12H2,1H3. The Morgan fingerprint density at radius 2 is 1.76 bits per heavy atom. The third-order valence-corrected chi connectivity index (χ3v) is 4.42. The van der Waals surface area contributed by atoms with Gasteiger partial charge in [-0.25, -0.2) is 9.67 Å². The summed E-state index contributed by atoms with van der Waals surface area (Å²) in [4.78, 5) is 15.3. The van der Waals surface area contributed by atoms with Crippen molar-refractivity contribution in [3.63, 3.8) is 0 Å². The van der Waals surface area contributed by atoms with Gasteiger partial charge in [0.05, 0.1) is 22.0 Å². The van der Waals surface area contributed by atoms with E-state index in [2.05, 4.69) is 5.10 Å². The summed E-state index contributed by atoms with van der Waals surface area (Å²) >= 11 is 0. The summed E-state index contributed by atoms with van der Waals surface area (Å²) < 4.78 is 1.87. The Morgan fingerprint density at radius 3 is 2.44 bits per heavy atom. The molecule has 0 spiro atoms. The predicted molar refractivity (Wildman–Crippen MR) is 95.9 cm³/mol. The molecule has 0 atom stereocenters. The highest BCUT2D eigenvalue weighted by Crippen LogP contribution is 2.32. The first-order valence-electron chi connectivity index (χ1n) is 8.10. The van der Waals surface area contributed by atoms with E-state index in [1.807, 2.05) is 41.9 Å². The van der Waals surface area contributed by atoms with Crippen LogP contribution >= 0.6 is 0 Å². The number of rotatable bonds is 3. The van der Waals surface area contributed by atoms with Gasteiger partial charge in [-0.2, -0.15) is 5.10 Å². The van der Waals surface area contributed by atoms with E-state index in [0.717, 1.165) is 46.9 Å². The van der Waals surface area contributed by atoms with Crippen molar-refractivity contribution in [2.75, 3.05) is 0 Å². The Kier molecular flexibility index (Phi) is 3.65. The fourth-order valence-electron chi connectivity index (χ4n) is 3.12. The van der Waals surface area contributed by atoms with Gasteiger partial charge in [-0.15, -0.1) is 0 Å². The van der Waals surface area contributed by atoms with E-state index >= 15 is 0 Å². The fraction of sp³-hybridized carbons (Fsp3) is 0.158. The van der Waals surface area contributed by atoms with Crippen molar-refractivity contribution in [3.05, 3.63) is 81.5 Å². The Balaban J connectivity index is 1.78. The van der Waals surface area contributed by atoms with Gasteiger partial charge in [0, 0.05) is 17.7 Å². The van der Waals surface area contributed by atoms with E-state index < -0.39 is 4.92 Å². The van der Waals surface area contributed by atoms with E-state index in [1.54, 1.807) is 12.1 Å². The number of hydrogen-bond acceptors (Lipinski definition) is 4. The predicted octanol–water partition coefficient (Wildman–Crippen LogP) is 4.16. The van der Waals surface area contributed by atoms with Crippen molar-refractivity contribution >= 4 is 17.2 Å². The van der Waals surface area contributed by atoms with Gasteiger partial charge < -0.3 is 0 Å². The number of fused-ring (bicyclic) bond motifs is 1. The molecule has 25 heavy (non-hydrogen) atoms. The number of hydrogen-bond donors (Lipinski definition) is 0. The van der Waals surface area contributed by atoms with Gasteiger partial charge in [-0.1, -0.05) is 18.2 Å². The van der Waals surface area contributed by atoms with Gasteiger partial charge in [0.1, 0.15) is 0 Å². The molecule has 3 aromatic rings. The molecule has 4 rings (SSSR count). The Hall–Kier alpha value is -3.28. The smallest absolute Gasteiger partial charge is 0.258 e. The monoisotopic (exact) mass is 332 g/mol. The van der Waals surface area contributed by atoms with Crippen molar-refractivity contribution in [2.45, 2.75) is 19.8 Å². The van der Waals surface area contributed by atoms with E-state index in [4.69, 9.17) is 4.99 Å². The third-order valence-electron chi connectivity index (χ3n) is 4.42. The van der Waals surface area contributed by atoms with Crippen molar-refractivity contribution in [1.82, 2.24) is 9.78 Å². The summed E-state index contributed by atoms with van der Waals surface area (Å²) in [5.74, 6) is 0.850. The molecule has 1 aliphatic rings. The molecule has 0 amide bonds. The highest BCUT2D eigenvalue weighted by atomic mass is 16.6. The maximum Gasteiger partial charge on any atom is 0.269 e. The Morgan fingerprint density at radius 1 is 1.04 bits per heavy atom. The molecule has 0 N–H and O–H groups in total. The SMILES string of the molecule is Cc1nn(-c2ccccc2)c2c1CCC(c1ccc([N+](=O)[O-])cc1)=N2. The summed E-state index contributed by atoms with van der Waals surface area (Å²) in [7, 11) is 0. The van der Waals surface area contributed by atoms with Gasteiger partial charge in [0.15, 0.2) is 5.82 Å². The van der Waals surface area contributed by atoms with Crippen LogP contribution in [0.5, 0.6) is 0 Å². The van der Waals surface area contributed by atoms with Gasteiger partial charge >= 0.3 is 0 Å². The average Bonchev–Trinajstić information content (AvgIpc) is 2.99. The maximum absolute atomic E-state index is 10.8. The van der Waals surface area contributed by atoms with Crippen molar-refractivity contribution in [1.29, 1.82) is 0 Å². The van der Waals surface area contributed by atoms with E-state index in [0.29, 0.717) is 0 Å². The molecule has 1 aromatic heterocycles. The molecule has 0 radical (unpaired) electrons. The number of aliphatic imine (C=N–C) groups is 1. The minimum Gasteiger partial charge on any atom is -0.258 e. The molecule has 0 unspecified atom stereocenters. The number of para-hydroxylation sites is 1. The second-order valence-corrected chi connectivity index (χ2v) is 6.00. The summed E-state index contributed by atoms with van der Waals surface area (Å²) in [6, 6.07) is 16.5. The van der Waals surface area contributed by atoms with Crippen LogP contribution in [0.15, 0.2) is 59.6 Å². The zero-order valence-electron chi connectivity index (χ0n) is 13.7. The minimum atomic E-state index is -0.390. The number of benzene rings is 2. The quantitative estimate of drug-likeness (QED) is 0.534. The lowest BCUT2D eigenvalue weighted by Gasteiger charge is -2.14. The molecular formula is C19H16N4O2. The van der Waals surface area contributed by atoms with Crippen molar-refractivity contribution in [2.24, 2.45) is 4.99 Å². The third kappa shape index (κ3) is 2.71. The van der Waals surface area contributed by atoms with Gasteiger partial charge in [0.2, 0.25) is 0 Å². The second kappa shape index (κ2) is 5.98. The first kappa shape index (κ1) is 15.3. The lowest BCUT2D eigenvalue weighted by atomic mass is 9.99. The summed E-state index contributed by atoms with van der Waals surface area (Å²) in [5.41, 5.74) is 5.06. The largest absolute Gasteiger partial charge is 0.269 e. The van der Waals surface area contributed by atoms with Crippen LogP contribution in [0.2, 0.25) is 0 Å². The van der Waals surface area contributed by atoms with Crippen LogP contribution in [0.4, 0.5) is 11.5 Å². The molecule has 0 bridgehead atoms. The van der Waals surface area contributed by atoms with E-state index in [9.17, 15) is 10.1 Å². The maximum atomic E-state index is 10.8. The molecule has 0 aliphatic carbocycles. The van der Waals surface area contributed by atoms with Crippen LogP contribution < -0.4 is 0 Å². The number of nitro benzene ring substituents is 1. The minimum absolute atomic E-state index is 0.0889. The molecule has 0 saturated heterocycles. The van der Waals surface area contributed by atoms with Gasteiger partial charge in [-0.05, 0) is 49.6 Å². The van der Waals surface area contributed by atoms with Crippen LogP contribution in [0.3, 0.4) is 0 Å². The zero-order chi connectivity index (χ0) is 17.4. The summed E-state index contributed by atoms with van der Waals surface area (Å²) in [6.07, 6.45) is 1.66. The number of non-ortho nitro benzene ring substituents is 1. The average molecular weight is 332 g/mol. The summed E-state index contributed by atoms with van der Waals surface area (Å²) in [6.45, 7) is 2.00. The summed E-state index contributed by atoms with van der Waals surface area (Å²) in [5, 5.41) is 15.5. The molecule has 2 heterocycles. The molecule has 6 nitrogen and oxygen atoms in total. The lowest BCUT2D eigenvalue weighted by Crippen LogP contribution is -2.09. The van der Waals surface area contributed by atoms with E-state index in [-0.39, 0.29) is 5.69 Å². The topological polar surface area (TPSA) is 73.3 Å². The first-order chi connectivity index (χ1) is 12.1. The van der Waals surface area contributed by atoms with Crippen molar-refractivity contribution in [3.8, 4) is 5.69 Å². The van der Waals surface area contributed by atoms with Gasteiger partial charge in [-0.3, -0.25) is 10.1 Å². The molecule has 6 heteroatoms. The van der Waals surface area contributed by atoms with Crippen LogP contribution in [0.1, 0.15) is 23.2 Å². The van der Waals surface area contributed by atoms with Gasteiger partial charge in [0.25, 0.3) is 5.69 Å². The first-order valence-corrected chi connectivity index (χ1v) is 8.10. The number of nitrogens with zero attached hydrogens (tertiary/aromatic N) is 4.